The molecule has 2 amide bonds. The van der Waals surface area contributed by atoms with Crippen molar-refractivity contribution < 1.29 is 14.3 Å². The molecule has 0 aromatic rings. The molecule has 3 fully saturated rings. The highest BCUT2D eigenvalue weighted by molar-refractivity contribution is 5.74. The molecule has 5 nitrogen and oxygen atoms in total. The minimum Gasteiger partial charge on any atom is -0.385 e. The number of methoxy groups -OCH3 is 1. The molecule has 3 rings (SSSR count). The van der Waals surface area contributed by atoms with Gasteiger partial charge in [-0.15, -0.1) is 0 Å². The molecule has 5 heteroatoms. The van der Waals surface area contributed by atoms with Crippen LogP contribution in [0.3, 0.4) is 0 Å². The molecule has 3 heterocycles. The lowest BCUT2D eigenvalue weighted by molar-refractivity contribution is -0.0659. The van der Waals surface area contributed by atoms with Crippen molar-refractivity contribution in [3.63, 3.8) is 0 Å². The van der Waals surface area contributed by atoms with Crippen LogP contribution in [0.25, 0.3) is 0 Å². The molecular weight excluding hydrogens is 268 g/mol. The molecule has 3 saturated heterocycles. The SMILES string of the molecule is COCC[C@@H]1CCOC12CCN(C(=O)N1CCCC1)CC2. The number of likely N-dealkylation sites (tertiary alicyclic amines) is 2. The first kappa shape index (κ1) is 15.1. The van der Waals surface area contributed by atoms with Crippen molar-refractivity contribution in [2.45, 2.75) is 44.1 Å². The van der Waals surface area contributed by atoms with E-state index in [0.29, 0.717) is 5.92 Å². The van der Waals surface area contributed by atoms with Crippen LogP contribution < -0.4 is 0 Å². The van der Waals surface area contributed by atoms with Gasteiger partial charge in [-0.1, -0.05) is 0 Å². The fraction of sp³-hybridized carbons (Fsp3) is 0.938. The van der Waals surface area contributed by atoms with Gasteiger partial charge in [-0.05, 0) is 44.4 Å². The molecule has 0 N–H and O–H groups in total. The Balaban J connectivity index is 1.55. The van der Waals surface area contributed by atoms with Gasteiger partial charge in [0.05, 0.1) is 5.60 Å². The van der Waals surface area contributed by atoms with Crippen LogP contribution in [0.2, 0.25) is 0 Å². The number of piperidine rings is 1. The lowest BCUT2D eigenvalue weighted by Crippen LogP contribution is -2.52. The van der Waals surface area contributed by atoms with Gasteiger partial charge >= 0.3 is 6.03 Å². The Morgan fingerprint density at radius 1 is 1.19 bits per heavy atom. The van der Waals surface area contributed by atoms with Gasteiger partial charge in [0.2, 0.25) is 0 Å². The standard InChI is InChI=1S/C16H28N2O3/c1-20-12-4-14-5-13-21-16(14)6-10-18(11-7-16)15(19)17-8-2-3-9-17/h14H,2-13H2,1H3/t14-/m1/s1. The first-order chi connectivity index (χ1) is 10.2. The monoisotopic (exact) mass is 296 g/mol. The number of hydrogen-bond acceptors (Lipinski definition) is 3. The molecule has 21 heavy (non-hydrogen) atoms. The van der Waals surface area contributed by atoms with Crippen molar-refractivity contribution in [2.75, 3.05) is 46.5 Å². The Kier molecular flexibility index (Phi) is 4.69. The average molecular weight is 296 g/mol. The van der Waals surface area contributed by atoms with Crippen molar-refractivity contribution >= 4 is 6.03 Å². The molecule has 1 spiro atoms. The average Bonchev–Trinajstić information content (AvgIpc) is 3.16. The number of ether oxygens (including phenoxy) is 2. The largest absolute Gasteiger partial charge is 0.385 e. The number of hydrogen-bond donors (Lipinski definition) is 0. The second kappa shape index (κ2) is 6.53. The van der Waals surface area contributed by atoms with Gasteiger partial charge in [0.25, 0.3) is 0 Å². The maximum absolute atomic E-state index is 12.4. The number of rotatable bonds is 3. The lowest BCUT2D eigenvalue weighted by Gasteiger charge is -2.43. The number of nitrogens with zero attached hydrogens (tertiary/aromatic N) is 2. The summed E-state index contributed by atoms with van der Waals surface area (Å²) < 4.78 is 11.4. The summed E-state index contributed by atoms with van der Waals surface area (Å²) in [7, 11) is 1.76. The zero-order valence-corrected chi connectivity index (χ0v) is 13.2. The van der Waals surface area contributed by atoms with Crippen LogP contribution in [0.4, 0.5) is 4.79 Å². The highest BCUT2D eigenvalue weighted by atomic mass is 16.5. The molecule has 0 aliphatic carbocycles. The van der Waals surface area contributed by atoms with E-state index in [-0.39, 0.29) is 11.6 Å². The van der Waals surface area contributed by atoms with Crippen LogP contribution in [-0.4, -0.2) is 67.9 Å². The van der Waals surface area contributed by atoms with Crippen LogP contribution in [0.15, 0.2) is 0 Å². The van der Waals surface area contributed by atoms with Crippen LogP contribution >= 0.6 is 0 Å². The Hall–Kier alpha value is -0.810. The molecule has 0 bridgehead atoms. The van der Waals surface area contributed by atoms with Crippen LogP contribution in [0.1, 0.15) is 38.5 Å². The molecule has 3 aliphatic heterocycles. The second-order valence-electron chi connectivity index (χ2n) is 6.64. The van der Waals surface area contributed by atoms with Gasteiger partial charge in [0.1, 0.15) is 0 Å². The Morgan fingerprint density at radius 3 is 2.52 bits per heavy atom. The number of amides is 2. The Morgan fingerprint density at radius 2 is 1.86 bits per heavy atom. The van der Waals surface area contributed by atoms with E-state index in [4.69, 9.17) is 9.47 Å². The molecule has 3 aliphatic rings. The molecule has 0 saturated carbocycles. The zero-order valence-electron chi connectivity index (χ0n) is 13.2. The van der Waals surface area contributed by atoms with E-state index in [2.05, 4.69) is 0 Å². The summed E-state index contributed by atoms with van der Waals surface area (Å²) in [5, 5.41) is 0. The molecule has 120 valence electrons. The van der Waals surface area contributed by atoms with E-state index in [1.54, 1.807) is 7.11 Å². The van der Waals surface area contributed by atoms with E-state index in [1.165, 1.54) is 0 Å². The summed E-state index contributed by atoms with van der Waals surface area (Å²) in [6, 6.07) is 0.244. The van der Waals surface area contributed by atoms with Crippen LogP contribution in [0.5, 0.6) is 0 Å². The fourth-order valence-electron chi connectivity index (χ4n) is 4.19. The third-order valence-corrected chi connectivity index (χ3v) is 5.53. The Bertz CT molecular complexity index is 361. The molecule has 0 radical (unpaired) electrons. The first-order valence-electron chi connectivity index (χ1n) is 8.42. The lowest BCUT2D eigenvalue weighted by atomic mass is 9.78. The van der Waals surface area contributed by atoms with Gasteiger partial charge in [0.15, 0.2) is 0 Å². The first-order valence-corrected chi connectivity index (χ1v) is 8.42. The summed E-state index contributed by atoms with van der Waals surface area (Å²) in [4.78, 5) is 16.5. The van der Waals surface area contributed by atoms with Gasteiger partial charge in [-0.3, -0.25) is 0 Å². The van der Waals surface area contributed by atoms with E-state index in [1.807, 2.05) is 9.80 Å². The van der Waals surface area contributed by atoms with Crippen LogP contribution in [-0.2, 0) is 9.47 Å². The number of carbonyl (C=O) groups excluding carboxylic acids is 1. The summed E-state index contributed by atoms with van der Waals surface area (Å²) in [5.41, 5.74) is 0.0142. The third-order valence-electron chi connectivity index (χ3n) is 5.53. The van der Waals surface area contributed by atoms with Crippen LogP contribution in [0, 0.1) is 5.92 Å². The highest BCUT2D eigenvalue weighted by Crippen LogP contribution is 2.42. The molecule has 1 atom stereocenters. The topological polar surface area (TPSA) is 42.0 Å². The summed E-state index contributed by atoms with van der Waals surface area (Å²) in [6.07, 6.45) is 6.51. The fourth-order valence-corrected chi connectivity index (χ4v) is 4.19. The third kappa shape index (κ3) is 3.04. The second-order valence-corrected chi connectivity index (χ2v) is 6.64. The number of carbonyl (C=O) groups is 1. The molecular formula is C16H28N2O3. The highest BCUT2D eigenvalue weighted by Gasteiger charge is 2.46. The predicted octanol–water partition coefficient (Wildman–Crippen LogP) is 2.11. The van der Waals surface area contributed by atoms with Crippen molar-refractivity contribution in [2.24, 2.45) is 5.92 Å². The van der Waals surface area contributed by atoms with E-state index >= 15 is 0 Å². The minimum atomic E-state index is 0.0142. The molecule has 0 aromatic heterocycles. The molecule has 0 unspecified atom stereocenters. The van der Waals surface area contributed by atoms with Crippen molar-refractivity contribution in [3.05, 3.63) is 0 Å². The van der Waals surface area contributed by atoms with Crippen molar-refractivity contribution in [3.8, 4) is 0 Å². The quantitative estimate of drug-likeness (QED) is 0.801. The van der Waals surface area contributed by atoms with E-state index < -0.39 is 0 Å². The van der Waals surface area contributed by atoms with Crippen molar-refractivity contribution in [1.29, 1.82) is 0 Å². The summed E-state index contributed by atoms with van der Waals surface area (Å²) >= 11 is 0. The number of urea groups is 1. The molecule has 0 aromatic carbocycles. The van der Waals surface area contributed by atoms with Gasteiger partial charge in [0, 0.05) is 46.5 Å². The van der Waals surface area contributed by atoms with Gasteiger partial charge in [-0.25, -0.2) is 4.79 Å². The minimum absolute atomic E-state index is 0.0142. The zero-order chi connectivity index (χ0) is 14.7. The Labute approximate surface area is 127 Å². The summed E-state index contributed by atoms with van der Waals surface area (Å²) in [5.74, 6) is 0.599. The van der Waals surface area contributed by atoms with E-state index in [9.17, 15) is 4.79 Å². The smallest absolute Gasteiger partial charge is 0.320 e. The van der Waals surface area contributed by atoms with Crippen molar-refractivity contribution in [1.82, 2.24) is 9.80 Å². The summed E-state index contributed by atoms with van der Waals surface area (Å²) in [6.45, 7) is 5.25. The maximum Gasteiger partial charge on any atom is 0.320 e. The maximum atomic E-state index is 12.4. The van der Waals surface area contributed by atoms with Gasteiger partial charge in [-0.2, -0.15) is 0 Å². The normalized spacial score (nSPS) is 28.5. The van der Waals surface area contributed by atoms with E-state index in [0.717, 1.165) is 77.9 Å². The predicted molar refractivity (Wildman–Crippen MR) is 80.3 cm³/mol. The van der Waals surface area contributed by atoms with Gasteiger partial charge < -0.3 is 19.3 Å².